The Balaban J connectivity index is 2.14. The van der Waals surface area contributed by atoms with Gasteiger partial charge in [0.2, 0.25) is 5.91 Å². The fourth-order valence-electron chi connectivity index (χ4n) is 2.05. The molecule has 1 aliphatic heterocycles. The zero-order valence-corrected chi connectivity index (χ0v) is 10.5. The van der Waals surface area contributed by atoms with Gasteiger partial charge in [-0.3, -0.25) is 14.9 Å². The molecule has 1 aromatic rings. The zero-order chi connectivity index (χ0) is 13.8. The molecule has 7 nitrogen and oxygen atoms in total. The van der Waals surface area contributed by atoms with Crippen LogP contribution in [0.15, 0.2) is 18.2 Å². The van der Waals surface area contributed by atoms with Crippen LogP contribution in [0.5, 0.6) is 5.75 Å². The number of carbonyl (C=O) groups excluding carboxylic acids is 1. The molecule has 2 N–H and O–H groups in total. The summed E-state index contributed by atoms with van der Waals surface area (Å²) in [6.45, 7) is 0.820. The van der Waals surface area contributed by atoms with E-state index in [1.807, 2.05) is 0 Å². The summed E-state index contributed by atoms with van der Waals surface area (Å²) in [5.74, 6) is -0.000967. The molecule has 0 unspecified atom stereocenters. The summed E-state index contributed by atoms with van der Waals surface area (Å²) >= 11 is 0. The van der Waals surface area contributed by atoms with Crippen LogP contribution in [0.4, 0.5) is 11.4 Å². The first-order chi connectivity index (χ1) is 9.11. The van der Waals surface area contributed by atoms with E-state index in [4.69, 9.17) is 4.74 Å². The van der Waals surface area contributed by atoms with Crippen molar-refractivity contribution in [3.05, 3.63) is 28.3 Å². The van der Waals surface area contributed by atoms with Gasteiger partial charge in [0.15, 0.2) is 5.75 Å². The van der Waals surface area contributed by atoms with Gasteiger partial charge in [0.1, 0.15) is 0 Å². The minimum Gasteiger partial charge on any atom is -0.490 e. The van der Waals surface area contributed by atoms with Crippen molar-refractivity contribution in [3.8, 4) is 5.75 Å². The number of hydrogen-bond donors (Lipinski definition) is 2. The number of nitro groups is 1. The van der Waals surface area contributed by atoms with Crippen molar-refractivity contribution in [1.29, 1.82) is 0 Å². The maximum absolute atomic E-state index is 11.9. The van der Waals surface area contributed by atoms with Crippen LogP contribution >= 0.6 is 0 Å². The van der Waals surface area contributed by atoms with Crippen LogP contribution in [0.1, 0.15) is 12.8 Å². The van der Waals surface area contributed by atoms with Crippen molar-refractivity contribution < 1.29 is 14.5 Å². The van der Waals surface area contributed by atoms with Gasteiger partial charge >= 0.3 is 5.69 Å². The molecule has 2 rings (SSSR count). The Labute approximate surface area is 110 Å². The van der Waals surface area contributed by atoms with Crippen LogP contribution in [-0.2, 0) is 4.79 Å². The third-order valence-corrected chi connectivity index (χ3v) is 3.02. The van der Waals surface area contributed by atoms with Crippen LogP contribution in [0, 0.1) is 10.1 Å². The molecule has 0 saturated carbocycles. The number of carbonyl (C=O) groups is 1. The Hall–Kier alpha value is -2.15. The lowest BCUT2D eigenvalue weighted by molar-refractivity contribution is -0.385. The summed E-state index contributed by atoms with van der Waals surface area (Å²) in [5.41, 5.74) is 0.228. The van der Waals surface area contributed by atoms with Gasteiger partial charge in [0.05, 0.1) is 18.1 Å². The average molecular weight is 265 g/mol. The second kappa shape index (κ2) is 5.66. The number of hydrogen-bond acceptors (Lipinski definition) is 5. The molecule has 0 radical (unpaired) electrons. The lowest BCUT2D eigenvalue weighted by Crippen LogP contribution is -2.35. The first kappa shape index (κ1) is 13.3. The Morgan fingerprint density at radius 3 is 2.95 bits per heavy atom. The number of nitrogens with one attached hydrogen (secondary N) is 2. The van der Waals surface area contributed by atoms with E-state index in [2.05, 4.69) is 10.6 Å². The van der Waals surface area contributed by atoms with Gasteiger partial charge in [0, 0.05) is 11.8 Å². The van der Waals surface area contributed by atoms with E-state index < -0.39 is 4.92 Å². The Morgan fingerprint density at radius 1 is 1.58 bits per heavy atom. The zero-order valence-electron chi connectivity index (χ0n) is 10.5. The molecule has 0 aliphatic carbocycles. The predicted octanol–water partition coefficient (Wildman–Crippen LogP) is 1.29. The quantitative estimate of drug-likeness (QED) is 0.632. The van der Waals surface area contributed by atoms with Gasteiger partial charge in [-0.15, -0.1) is 0 Å². The molecule has 0 aromatic heterocycles. The van der Waals surface area contributed by atoms with E-state index in [-0.39, 0.29) is 23.4 Å². The fourth-order valence-corrected chi connectivity index (χ4v) is 2.05. The minimum atomic E-state index is -0.539. The first-order valence-electron chi connectivity index (χ1n) is 5.98. The van der Waals surface area contributed by atoms with E-state index in [9.17, 15) is 14.9 Å². The Kier molecular flexibility index (Phi) is 3.96. The van der Waals surface area contributed by atoms with Crippen LogP contribution < -0.4 is 15.4 Å². The fraction of sp³-hybridized carbons (Fsp3) is 0.417. The summed E-state index contributed by atoms with van der Waals surface area (Å²) in [6, 6.07) is 4.13. The second-order valence-electron chi connectivity index (χ2n) is 4.28. The topological polar surface area (TPSA) is 93.5 Å². The minimum absolute atomic E-state index is 0.167. The number of ether oxygens (including phenoxy) is 1. The van der Waals surface area contributed by atoms with Crippen molar-refractivity contribution >= 4 is 17.3 Å². The van der Waals surface area contributed by atoms with E-state index in [0.717, 1.165) is 19.4 Å². The molecule has 1 heterocycles. The van der Waals surface area contributed by atoms with Crippen molar-refractivity contribution in [1.82, 2.24) is 5.32 Å². The third-order valence-electron chi connectivity index (χ3n) is 3.02. The lowest BCUT2D eigenvalue weighted by Gasteiger charge is -2.11. The molecular formula is C12H15N3O4. The standard InChI is InChI=1S/C12H15N3O4/c1-19-11-5-4-8(7-10(11)15(17)18)14-12(16)9-3-2-6-13-9/h4-5,7,9,13H,2-3,6H2,1H3,(H,14,16)/t9-/m0/s1. The summed E-state index contributed by atoms with van der Waals surface area (Å²) in [6.07, 6.45) is 1.74. The predicted molar refractivity (Wildman–Crippen MR) is 69.3 cm³/mol. The highest BCUT2D eigenvalue weighted by molar-refractivity contribution is 5.95. The molecule has 1 saturated heterocycles. The second-order valence-corrected chi connectivity index (χ2v) is 4.28. The summed E-state index contributed by atoms with van der Waals surface area (Å²) in [7, 11) is 1.36. The number of amides is 1. The molecule has 1 amide bonds. The van der Waals surface area contributed by atoms with E-state index in [1.54, 1.807) is 6.07 Å². The van der Waals surface area contributed by atoms with E-state index >= 15 is 0 Å². The number of anilines is 1. The maximum Gasteiger partial charge on any atom is 0.312 e. The van der Waals surface area contributed by atoms with Crippen molar-refractivity contribution in [2.45, 2.75) is 18.9 Å². The molecular weight excluding hydrogens is 250 g/mol. The van der Waals surface area contributed by atoms with Crippen molar-refractivity contribution in [3.63, 3.8) is 0 Å². The number of benzene rings is 1. The molecule has 102 valence electrons. The normalized spacial score (nSPS) is 18.1. The SMILES string of the molecule is COc1ccc(NC(=O)[C@@H]2CCCN2)cc1[N+](=O)[O-]. The highest BCUT2D eigenvalue weighted by Crippen LogP contribution is 2.29. The van der Waals surface area contributed by atoms with Crippen molar-refractivity contribution in [2.75, 3.05) is 19.0 Å². The third kappa shape index (κ3) is 3.00. The average Bonchev–Trinajstić information content (AvgIpc) is 2.92. The van der Waals surface area contributed by atoms with E-state index in [1.165, 1.54) is 19.2 Å². The van der Waals surface area contributed by atoms with Crippen molar-refractivity contribution in [2.24, 2.45) is 0 Å². The number of rotatable bonds is 4. The van der Waals surface area contributed by atoms with Crippen LogP contribution in [-0.4, -0.2) is 30.5 Å². The summed E-state index contributed by atoms with van der Waals surface area (Å²) in [4.78, 5) is 22.2. The summed E-state index contributed by atoms with van der Waals surface area (Å²) < 4.78 is 4.90. The van der Waals surface area contributed by atoms with E-state index in [0.29, 0.717) is 5.69 Å². The molecule has 0 spiro atoms. The van der Waals surface area contributed by atoms with Crippen LogP contribution in [0.2, 0.25) is 0 Å². The largest absolute Gasteiger partial charge is 0.490 e. The Bertz CT molecular complexity index is 498. The molecule has 19 heavy (non-hydrogen) atoms. The maximum atomic E-state index is 11.9. The van der Waals surface area contributed by atoms with Gasteiger partial charge in [-0.05, 0) is 31.5 Å². The highest BCUT2D eigenvalue weighted by Gasteiger charge is 2.23. The number of methoxy groups -OCH3 is 1. The first-order valence-corrected chi connectivity index (χ1v) is 5.98. The highest BCUT2D eigenvalue weighted by atomic mass is 16.6. The number of nitrogens with zero attached hydrogens (tertiary/aromatic N) is 1. The molecule has 1 atom stereocenters. The molecule has 0 bridgehead atoms. The van der Waals surface area contributed by atoms with Gasteiger partial charge in [-0.2, -0.15) is 0 Å². The van der Waals surface area contributed by atoms with Gasteiger partial charge < -0.3 is 15.4 Å². The van der Waals surface area contributed by atoms with Gasteiger partial charge in [-0.25, -0.2) is 0 Å². The van der Waals surface area contributed by atoms with Gasteiger partial charge in [-0.1, -0.05) is 0 Å². The molecule has 1 fully saturated rings. The molecule has 7 heteroatoms. The molecule has 1 aromatic carbocycles. The number of nitro benzene ring substituents is 1. The lowest BCUT2D eigenvalue weighted by atomic mass is 10.2. The molecule has 1 aliphatic rings. The Morgan fingerprint density at radius 2 is 2.37 bits per heavy atom. The van der Waals surface area contributed by atoms with Gasteiger partial charge in [0.25, 0.3) is 0 Å². The van der Waals surface area contributed by atoms with Crippen LogP contribution in [0.3, 0.4) is 0 Å². The summed E-state index contributed by atoms with van der Waals surface area (Å²) in [5, 5.41) is 16.6. The smallest absolute Gasteiger partial charge is 0.312 e. The van der Waals surface area contributed by atoms with Crippen LogP contribution in [0.25, 0.3) is 0 Å². The monoisotopic (exact) mass is 265 g/mol.